The first-order valence-corrected chi connectivity index (χ1v) is 6.60. The molecule has 2 rings (SSSR count). The first-order valence-electron chi connectivity index (χ1n) is 5.61. The summed E-state index contributed by atoms with van der Waals surface area (Å²) >= 11 is 1.70. The highest BCUT2D eigenvalue weighted by atomic mass is 32.2. The van der Waals surface area contributed by atoms with E-state index in [1.54, 1.807) is 11.8 Å². The molecule has 4 heteroatoms. The van der Waals surface area contributed by atoms with Crippen LogP contribution in [-0.4, -0.2) is 16.4 Å². The number of aromatic nitrogens is 1. The van der Waals surface area contributed by atoms with E-state index in [-0.39, 0.29) is 0 Å². The van der Waals surface area contributed by atoms with Gasteiger partial charge in [0.05, 0.1) is 11.2 Å². The van der Waals surface area contributed by atoms with Gasteiger partial charge in [-0.15, -0.1) is 11.8 Å². The molecule has 1 heterocycles. The van der Waals surface area contributed by atoms with Crippen LogP contribution in [0.1, 0.15) is 16.8 Å². The van der Waals surface area contributed by atoms with Crippen molar-refractivity contribution in [2.75, 3.05) is 0 Å². The van der Waals surface area contributed by atoms with Gasteiger partial charge in [0.1, 0.15) is 0 Å². The van der Waals surface area contributed by atoms with E-state index < -0.39 is 0 Å². The molecule has 1 N–H and O–H groups in total. The lowest BCUT2D eigenvalue weighted by Gasteiger charge is -2.04. The minimum Gasteiger partial charge on any atom is -0.411 e. The fourth-order valence-electron chi connectivity index (χ4n) is 1.56. The van der Waals surface area contributed by atoms with Gasteiger partial charge in [-0.1, -0.05) is 35.5 Å². The van der Waals surface area contributed by atoms with E-state index in [9.17, 15) is 0 Å². The first kappa shape index (κ1) is 12.6. The SMILES string of the molecule is Cc1nc(SCc2ccccc2)ccc1/C=N/O. The molecule has 0 bridgehead atoms. The summed E-state index contributed by atoms with van der Waals surface area (Å²) in [5.41, 5.74) is 2.98. The van der Waals surface area contributed by atoms with Gasteiger partial charge in [0, 0.05) is 17.0 Å². The summed E-state index contributed by atoms with van der Waals surface area (Å²) < 4.78 is 0. The molecule has 0 fully saturated rings. The van der Waals surface area contributed by atoms with Crippen LogP contribution in [0.3, 0.4) is 0 Å². The Balaban J connectivity index is 2.04. The van der Waals surface area contributed by atoms with Crippen LogP contribution < -0.4 is 0 Å². The molecule has 0 aliphatic heterocycles. The number of nitrogens with zero attached hydrogens (tertiary/aromatic N) is 2. The van der Waals surface area contributed by atoms with Crippen molar-refractivity contribution in [3.63, 3.8) is 0 Å². The van der Waals surface area contributed by atoms with Gasteiger partial charge < -0.3 is 5.21 Å². The van der Waals surface area contributed by atoms with Crippen molar-refractivity contribution in [3.05, 3.63) is 59.3 Å². The predicted molar refractivity (Wildman–Crippen MR) is 74.4 cm³/mol. The van der Waals surface area contributed by atoms with Crippen molar-refractivity contribution in [2.45, 2.75) is 17.7 Å². The standard InChI is InChI=1S/C14H14N2OS/c1-11-13(9-15-17)7-8-14(16-11)18-10-12-5-3-2-4-6-12/h2-9,17H,10H2,1H3/b15-9+. The van der Waals surface area contributed by atoms with Crippen LogP contribution in [0, 0.1) is 6.92 Å². The van der Waals surface area contributed by atoms with Crippen LogP contribution in [-0.2, 0) is 5.75 Å². The molecule has 0 saturated carbocycles. The maximum atomic E-state index is 8.50. The van der Waals surface area contributed by atoms with Gasteiger partial charge in [-0.05, 0) is 24.6 Å². The van der Waals surface area contributed by atoms with Crippen LogP contribution in [0.25, 0.3) is 0 Å². The highest BCUT2D eigenvalue weighted by Crippen LogP contribution is 2.21. The molecule has 3 nitrogen and oxygen atoms in total. The molecular weight excluding hydrogens is 244 g/mol. The Morgan fingerprint density at radius 1 is 1.22 bits per heavy atom. The summed E-state index contributed by atoms with van der Waals surface area (Å²) in [6.07, 6.45) is 1.40. The average Bonchev–Trinajstić information content (AvgIpc) is 2.41. The third-order valence-corrected chi connectivity index (χ3v) is 3.53. The second kappa shape index (κ2) is 6.21. The van der Waals surface area contributed by atoms with Gasteiger partial charge in [0.15, 0.2) is 0 Å². The summed E-state index contributed by atoms with van der Waals surface area (Å²) in [5.74, 6) is 0.903. The Hall–Kier alpha value is -1.81. The van der Waals surface area contributed by atoms with Gasteiger partial charge in [0.25, 0.3) is 0 Å². The quantitative estimate of drug-likeness (QED) is 0.395. The second-order valence-electron chi connectivity index (χ2n) is 3.84. The van der Waals surface area contributed by atoms with Gasteiger partial charge in [-0.25, -0.2) is 4.98 Å². The van der Waals surface area contributed by atoms with Gasteiger partial charge in [-0.3, -0.25) is 0 Å². The zero-order chi connectivity index (χ0) is 12.8. The van der Waals surface area contributed by atoms with Crippen LogP contribution in [0.2, 0.25) is 0 Å². The zero-order valence-corrected chi connectivity index (χ0v) is 10.9. The molecule has 0 saturated heterocycles. The average molecular weight is 258 g/mol. The molecule has 0 aliphatic carbocycles. The van der Waals surface area contributed by atoms with E-state index in [1.165, 1.54) is 11.8 Å². The Kier molecular flexibility index (Phi) is 4.36. The molecule has 92 valence electrons. The zero-order valence-electron chi connectivity index (χ0n) is 10.1. The van der Waals surface area contributed by atoms with Crippen molar-refractivity contribution in [1.29, 1.82) is 0 Å². The van der Waals surface area contributed by atoms with Gasteiger partial charge in [-0.2, -0.15) is 0 Å². The van der Waals surface area contributed by atoms with Gasteiger partial charge >= 0.3 is 0 Å². The predicted octanol–water partition coefficient (Wildman–Crippen LogP) is 3.49. The van der Waals surface area contributed by atoms with Crippen molar-refractivity contribution < 1.29 is 5.21 Å². The van der Waals surface area contributed by atoms with Crippen molar-refractivity contribution in [1.82, 2.24) is 4.98 Å². The molecule has 1 aromatic carbocycles. The summed E-state index contributed by atoms with van der Waals surface area (Å²) in [7, 11) is 0. The molecule has 0 aliphatic rings. The largest absolute Gasteiger partial charge is 0.411 e. The Bertz CT molecular complexity index is 541. The molecule has 1 aromatic heterocycles. The van der Waals surface area contributed by atoms with E-state index in [4.69, 9.17) is 5.21 Å². The molecule has 0 spiro atoms. The van der Waals surface area contributed by atoms with Crippen LogP contribution >= 0.6 is 11.8 Å². The van der Waals surface area contributed by atoms with Crippen LogP contribution in [0.15, 0.2) is 52.6 Å². The minimum atomic E-state index is 0.835. The fourth-order valence-corrected chi connectivity index (χ4v) is 2.43. The molecule has 18 heavy (non-hydrogen) atoms. The van der Waals surface area contributed by atoms with E-state index in [1.807, 2.05) is 37.3 Å². The monoisotopic (exact) mass is 258 g/mol. The molecule has 0 unspecified atom stereocenters. The fraction of sp³-hybridized carbons (Fsp3) is 0.143. The number of hydrogen-bond donors (Lipinski definition) is 1. The number of benzene rings is 1. The molecule has 2 aromatic rings. The van der Waals surface area contributed by atoms with Crippen LogP contribution in [0.5, 0.6) is 0 Å². The number of oxime groups is 1. The summed E-state index contributed by atoms with van der Waals surface area (Å²) in [4.78, 5) is 4.47. The lowest BCUT2D eigenvalue weighted by atomic mass is 10.2. The van der Waals surface area contributed by atoms with E-state index in [0.717, 1.165) is 22.0 Å². The first-order chi connectivity index (χ1) is 8.79. The summed E-state index contributed by atoms with van der Waals surface area (Å²) in [6.45, 7) is 1.91. The number of pyridine rings is 1. The molecular formula is C14H14N2OS. The molecule has 0 amide bonds. The number of aryl methyl sites for hydroxylation is 1. The third-order valence-electron chi connectivity index (χ3n) is 2.53. The molecule has 0 radical (unpaired) electrons. The Morgan fingerprint density at radius 2 is 2.00 bits per heavy atom. The third kappa shape index (κ3) is 3.34. The van der Waals surface area contributed by atoms with Crippen LogP contribution in [0.4, 0.5) is 0 Å². The smallest absolute Gasteiger partial charge is 0.0966 e. The lowest BCUT2D eigenvalue weighted by molar-refractivity contribution is 0.322. The Labute approximate surface area is 111 Å². The van der Waals surface area contributed by atoms with E-state index >= 15 is 0 Å². The van der Waals surface area contributed by atoms with Crippen molar-refractivity contribution in [2.24, 2.45) is 5.16 Å². The maximum absolute atomic E-state index is 8.50. The van der Waals surface area contributed by atoms with Crippen molar-refractivity contribution in [3.8, 4) is 0 Å². The van der Waals surface area contributed by atoms with Crippen molar-refractivity contribution >= 4 is 18.0 Å². The van der Waals surface area contributed by atoms with E-state index in [0.29, 0.717) is 0 Å². The lowest BCUT2D eigenvalue weighted by Crippen LogP contribution is -1.93. The maximum Gasteiger partial charge on any atom is 0.0966 e. The number of thioether (sulfide) groups is 1. The highest BCUT2D eigenvalue weighted by molar-refractivity contribution is 7.98. The molecule has 0 atom stereocenters. The minimum absolute atomic E-state index is 0.835. The van der Waals surface area contributed by atoms with Gasteiger partial charge in [0.2, 0.25) is 0 Å². The number of hydrogen-bond acceptors (Lipinski definition) is 4. The topological polar surface area (TPSA) is 45.5 Å². The normalized spacial score (nSPS) is 10.9. The highest BCUT2D eigenvalue weighted by Gasteiger charge is 2.01. The van der Waals surface area contributed by atoms with E-state index in [2.05, 4.69) is 22.3 Å². The number of rotatable bonds is 4. The summed E-state index contributed by atoms with van der Waals surface area (Å²) in [5, 5.41) is 12.5. The second-order valence-corrected chi connectivity index (χ2v) is 4.84. The Morgan fingerprint density at radius 3 is 2.67 bits per heavy atom. The summed E-state index contributed by atoms with van der Waals surface area (Å²) in [6, 6.07) is 14.1.